The van der Waals surface area contributed by atoms with E-state index < -0.39 is 0 Å². The van der Waals surface area contributed by atoms with Crippen LogP contribution in [0.3, 0.4) is 0 Å². The van der Waals surface area contributed by atoms with Gasteiger partial charge in [-0.2, -0.15) is 0 Å². The lowest BCUT2D eigenvalue weighted by molar-refractivity contribution is 0.355. The summed E-state index contributed by atoms with van der Waals surface area (Å²) in [5.41, 5.74) is 1.78. The Kier molecular flexibility index (Phi) is 3.57. The Bertz CT molecular complexity index is 523. The molecular formula is C14H15NO3. The largest absolute Gasteiger partial charge is 0.508 e. The first-order valence-corrected chi connectivity index (χ1v) is 5.51. The zero-order valence-corrected chi connectivity index (χ0v) is 10.3. The number of benzene rings is 2. The molecule has 2 N–H and O–H groups in total. The molecule has 4 heteroatoms. The second kappa shape index (κ2) is 5.31. The second-order valence-corrected chi connectivity index (χ2v) is 3.74. The predicted octanol–water partition coefficient (Wildman–Crippen LogP) is 3.15. The van der Waals surface area contributed by atoms with E-state index in [0.717, 1.165) is 11.4 Å². The van der Waals surface area contributed by atoms with Crippen molar-refractivity contribution in [2.75, 3.05) is 19.5 Å². The zero-order valence-electron chi connectivity index (χ0n) is 10.3. The lowest BCUT2D eigenvalue weighted by Crippen LogP contribution is -1.94. The number of nitrogens with one attached hydrogen (secondary N) is 1. The van der Waals surface area contributed by atoms with E-state index in [4.69, 9.17) is 9.47 Å². The summed E-state index contributed by atoms with van der Waals surface area (Å²) < 4.78 is 10.4. The Morgan fingerprint density at radius 1 is 0.833 bits per heavy atom. The standard InChI is InChI=1S/C14H15NO3/c1-17-13-8-5-11(9-14(13)18-2)15-10-3-6-12(16)7-4-10/h3-9,15-16H,1-2H3. The van der Waals surface area contributed by atoms with Crippen molar-refractivity contribution in [3.05, 3.63) is 42.5 Å². The number of hydrogen-bond donors (Lipinski definition) is 2. The summed E-state index contributed by atoms with van der Waals surface area (Å²) in [5, 5.41) is 12.4. The summed E-state index contributed by atoms with van der Waals surface area (Å²) in [6, 6.07) is 12.4. The van der Waals surface area contributed by atoms with E-state index in [-0.39, 0.29) is 5.75 Å². The van der Waals surface area contributed by atoms with Crippen LogP contribution in [0.1, 0.15) is 0 Å². The van der Waals surface area contributed by atoms with Gasteiger partial charge in [-0.15, -0.1) is 0 Å². The van der Waals surface area contributed by atoms with E-state index in [9.17, 15) is 5.11 Å². The lowest BCUT2D eigenvalue weighted by atomic mass is 10.2. The molecule has 0 unspecified atom stereocenters. The first-order valence-electron chi connectivity index (χ1n) is 5.51. The van der Waals surface area contributed by atoms with Crippen LogP contribution in [0.25, 0.3) is 0 Å². The topological polar surface area (TPSA) is 50.7 Å². The summed E-state index contributed by atoms with van der Waals surface area (Å²) in [4.78, 5) is 0. The van der Waals surface area contributed by atoms with Gasteiger partial charge in [0.1, 0.15) is 5.75 Å². The Morgan fingerprint density at radius 2 is 1.44 bits per heavy atom. The minimum atomic E-state index is 0.243. The highest BCUT2D eigenvalue weighted by Gasteiger charge is 2.04. The predicted molar refractivity (Wildman–Crippen MR) is 70.9 cm³/mol. The average molecular weight is 245 g/mol. The molecule has 94 valence electrons. The van der Waals surface area contributed by atoms with Crippen LogP contribution in [0, 0.1) is 0 Å². The van der Waals surface area contributed by atoms with Crippen LogP contribution in [0.15, 0.2) is 42.5 Å². The van der Waals surface area contributed by atoms with E-state index in [1.807, 2.05) is 18.2 Å². The first kappa shape index (κ1) is 12.1. The third kappa shape index (κ3) is 2.66. The molecule has 0 aliphatic heterocycles. The highest BCUT2D eigenvalue weighted by atomic mass is 16.5. The quantitative estimate of drug-likeness (QED) is 0.812. The highest BCUT2D eigenvalue weighted by molar-refractivity contribution is 5.63. The first-order chi connectivity index (χ1) is 8.72. The van der Waals surface area contributed by atoms with Gasteiger partial charge >= 0.3 is 0 Å². The fourth-order valence-corrected chi connectivity index (χ4v) is 1.63. The summed E-state index contributed by atoms with van der Waals surface area (Å²) >= 11 is 0. The normalized spacial score (nSPS) is 9.89. The van der Waals surface area contributed by atoms with Gasteiger partial charge in [-0.25, -0.2) is 0 Å². The monoisotopic (exact) mass is 245 g/mol. The summed E-state index contributed by atoms with van der Waals surface area (Å²) in [5.74, 6) is 1.60. The molecule has 0 spiro atoms. The molecule has 0 saturated heterocycles. The van der Waals surface area contributed by atoms with Crippen LogP contribution in [-0.2, 0) is 0 Å². The van der Waals surface area contributed by atoms with Gasteiger partial charge in [0.15, 0.2) is 11.5 Å². The number of methoxy groups -OCH3 is 2. The van der Waals surface area contributed by atoms with E-state index in [2.05, 4.69) is 5.32 Å². The molecular weight excluding hydrogens is 230 g/mol. The minimum absolute atomic E-state index is 0.243. The fraction of sp³-hybridized carbons (Fsp3) is 0.143. The van der Waals surface area contributed by atoms with Gasteiger partial charge in [0.2, 0.25) is 0 Å². The molecule has 0 heterocycles. The highest BCUT2D eigenvalue weighted by Crippen LogP contribution is 2.31. The number of anilines is 2. The second-order valence-electron chi connectivity index (χ2n) is 3.74. The molecule has 0 amide bonds. The molecule has 2 rings (SSSR count). The molecule has 0 aromatic heterocycles. The van der Waals surface area contributed by atoms with Crippen molar-refractivity contribution in [1.82, 2.24) is 0 Å². The zero-order chi connectivity index (χ0) is 13.0. The molecule has 4 nitrogen and oxygen atoms in total. The minimum Gasteiger partial charge on any atom is -0.508 e. The molecule has 0 fully saturated rings. The molecule has 0 radical (unpaired) electrons. The third-order valence-electron chi connectivity index (χ3n) is 2.54. The number of rotatable bonds is 4. The smallest absolute Gasteiger partial charge is 0.162 e. The number of phenols is 1. The lowest BCUT2D eigenvalue weighted by Gasteiger charge is -2.11. The SMILES string of the molecule is COc1ccc(Nc2ccc(O)cc2)cc1OC. The van der Waals surface area contributed by atoms with Crippen LogP contribution >= 0.6 is 0 Å². The molecule has 0 atom stereocenters. The molecule has 0 bridgehead atoms. The maximum Gasteiger partial charge on any atom is 0.162 e. The Morgan fingerprint density at radius 3 is 2.06 bits per heavy atom. The van der Waals surface area contributed by atoms with Crippen molar-refractivity contribution in [2.24, 2.45) is 0 Å². The number of hydrogen-bond acceptors (Lipinski definition) is 4. The van der Waals surface area contributed by atoms with E-state index >= 15 is 0 Å². The van der Waals surface area contributed by atoms with Crippen LogP contribution in [0.5, 0.6) is 17.2 Å². The Hall–Kier alpha value is -2.36. The molecule has 0 saturated carbocycles. The molecule has 2 aromatic carbocycles. The fourth-order valence-electron chi connectivity index (χ4n) is 1.63. The third-order valence-corrected chi connectivity index (χ3v) is 2.54. The van der Waals surface area contributed by atoms with Crippen LogP contribution in [-0.4, -0.2) is 19.3 Å². The van der Waals surface area contributed by atoms with E-state index in [0.29, 0.717) is 11.5 Å². The number of ether oxygens (including phenoxy) is 2. The average Bonchev–Trinajstić information content (AvgIpc) is 2.41. The Labute approximate surface area is 106 Å². The van der Waals surface area contributed by atoms with Gasteiger partial charge in [0.05, 0.1) is 14.2 Å². The van der Waals surface area contributed by atoms with Crippen molar-refractivity contribution in [3.63, 3.8) is 0 Å². The van der Waals surface area contributed by atoms with Crippen molar-refractivity contribution in [3.8, 4) is 17.2 Å². The maximum atomic E-state index is 9.21. The Balaban J connectivity index is 2.21. The van der Waals surface area contributed by atoms with E-state index in [1.165, 1.54) is 0 Å². The van der Waals surface area contributed by atoms with Crippen molar-refractivity contribution in [1.29, 1.82) is 0 Å². The van der Waals surface area contributed by atoms with Gasteiger partial charge in [-0.3, -0.25) is 0 Å². The molecule has 0 aliphatic rings. The molecule has 18 heavy (non-hydrogen) atoms. The van der Waals surface area contributed by atoms with Crippen LogP contribution < -0.4 is 14.8 Å². The number of phenolic OH excluding ortho intramolecular Hbond substituents is 1. The van der Waals surface area contributed by atoms with Gasteiger partial charge in [0.25, 0.3) is 0 Å². The van der Waals surface area contributed by atoms with Gasteiger partial charge in [0, 0.05) is 17.4 Å². The number of aromatic hydroxyl groups is 1. The maximum absolute atomic E-state index is 9.21. The summed E-state index contributed by atoms with van der Waals surface area (Å²) in [7, 11) is 3.20. The van der Waals surface area contributed by atoms with Crippen LogP contribution in [0.4, 0.5) is 11.4 Å². The van der Waals surface area contributed by atoms with Gasteiger partial charge in [-0.1, -0.05) is 0 Å². The van der Waals surface area contributed by atoms with Gasteiger partial charge in [-0.05, 0) is 36.4 Å². The molecule has 0 aliphatic carbocycles. The van der Waals surface area contributed by atoms with Crippen LogP contribution in [0.2, 0.25) is 0 Å². The van der Waals surface area contributed by atoms with Crippen molar-refractivity contribution >= 4 is 11.4 Å². The van der Waals surface area contributed by atoms with Gasteiger partial charge < -0.3 is 19.9 Å². The summed E-state index contributed by atoms with van der Waals surface area (Å²) in [6.45, 7) is 0. The van der Waals surface area contributed by atoms with E-state index in [1.54, 1.807) is 38.5 Å². The summed E-state index contributed by atoms with van der Waals surface area (Å²) in [6.07, 6.45) is 0. The van der Waals surface area contributed by atoms with Crippen molar-refractivity contribution < 1.29 is 14.6 Å². The van der Waals surface area contributed by atoms with Crippen molar-refractivity contribution in [2.45, 2.75) is 0 Å². The molecule has 2 aromatic rings.